The molecule has 0 fully saturated rings. The van der Waals surface area contributed by atoms with Gasteiger partial charge in [0.25, 0.3) is 0 Å². The van der Waals surface area contributed by atoms with E-state index >= 15 is 0 Å². The maximum absolute atomic E-state index is 12.6. The molecule has 0 aromatic heterocycles. The number of carbonyl (C=O) groups is 4. The molecule has 8 nitrogen and oxygen atoms in total. The van der Waals surface area contributed by atoms with E-state index in [1.54, 1.807) is 0 Å². The second kappa shape index (κ2) is 15.9. The van der Waals surface area contributed by atoms with Crippen LogP contribution in [0.2, 0.25) is 0 Å². The van der Waals surface area contributed by atoms with E-state index in [1.165, 1.54) is 44.6 Å². The highest BCUT2D eigenvalue weighted by atomic mass is 16.3. The van der Waals surface area contributed by atoms with Gasteiger partial charge >= 0.3 is 0 Å². The first-order valence-electron chi connectivity index (χ1n) is 12.5. The first-order valence-corrected chi connectivity index (χ1v) is 12.5. The van der Waals surface area contributed by atoms with E-state index in [0.717, 1.165) is 59.5 Å². The average molecular weight is 484 g/mol. The number of nitrogens with one attached hydrogen (secondary N) is 1. The van der Waals surface area contributed by atoms with Gasteiger partial charge in [-0.3, -0.25) is 19.2 Å². The minimum Gasteiger partial charge on any atom is -0.389 e. The van der Waals surface area contributed by atoms with Crippen LogP contribution in [0.1, 0.15) is 105 Å². The standard InChI is InChI=1S/C26H45NO7/c1-6-7-8-9-10-11-12-13-14-15-16-23(32)17-18-24(33)25(19(2)28,27-22(5)31)26(34,20(3)29)21(4)30/h17-18,23-24,32-34H,6-16H2,1-5H3,(H,27,31)/b18-17+/t23?,24-,25-/m1/s1. The summed E-state index contributed by atoms with van der Waals surface area (Å²) in [7, 11) is 0. The summed E-state index contributed by atoms with van der Waals surface area (Å²) in [6.45, 7) is 6.00. The molecule has 0 radical (unpaired) electrons. The lowest BCUT2D eigenvalue weighted by atomic mass is 9.68. The Kier molecular flexibility index (Phi) is 15.0. The number of aliphatic hydroxyl groups is 3. The van der Waals surface area contributed by atoms with Gasteiger partial charge in [0.15, 0.2) is 22.9 Å². The lowest BCUT2D eigenvalue weighted by Gasteiger charge is -2.44. The Morgan fingerprint density at radius 2 is 1.18 bits per heavy atom. The first-order chi connectivity index (χ1) is 15.9. The van der Waals surface area contributed by atoms with Gasteiger partial charge in [-0.25, -0.2) is 0 Å². The largest absolute Gasteiger partial charge is 0.389 e. The second-order valence-electron chi connectivity index (χ2n) is 9.24. The Hall–Kier alpha value is -1.90. The Morgan fingerprint density at radius 1 is 0.735 bits per heavy atom. The fourth-order valence-corrected chi connectivity index (χ4v) is 4.33. The quantitative estimate of drug-likeness (QED) is 0.126. The normalized spacial score (nSPS) is 15.5. The fourth-order valence-electron chi connectivity index (χ4n) is 4.33. The van der Waals surface area contributed by atoms with Crippen molar-refractivity contribution in [3.8, 4) is 0 Å². The van der Waals surface area contributed by atoms with Crippen LogP contribution in [0.25, 0.3) is 0 Å². The van der Waals surface area contributed by atoms with Crippen molar-refractivity contribution in [2.45, 2.75) is 129 Å². The van der Waals surface area contributed by atoms with Gasteiger partial charge in [0.1, 0.15) is 6.10 Å². The number of Topliss-reactive ketones (excluding diaryl/α,β-unsaturated/α-hetero) is 3. The van der Waals surface area contributed by atoms with Gasteiger partial charge in [0, 0.05) is 6.92 Å². The van der Waals surface area contributed by atoms with Crippen LogP contribution in [0.3, 0.4) is 0 Å². The molecule has 0 aromatic carbocycles. The monoisotopic (exact) mass is 483 g/mol. The van der Waals surface area contributed by atoms with Gasteiger partial charge in [-0.1, -0.05) is 83.3 Å². The molecule has 0 saturated carbocycles. The average Bonchev–Trinajstić information content (AvgIpc) is 2.75. The van der Waals surface area contributed by atoms with Crippen LogP contribution in [0.4, 0.5) is 0 Å². The number of rotatable bonds is 19. The highest BCUT2D eigenvalue weighted by molar-refractivity contribution is 6.16. The van der Waals surface area contributed by atoms with Gasteiger partial charge in [0.05, 0.1) is 6.10 Å². The summed E-state index contributed by atoms with van der Waals surface area (Å²) in [6, 6.07) is 0. The number of hydrogen-bond donors (Lipinski definition) is 4. The minimum absolute atomic E-state index is 0.427. The summed E-state index contributed by atoms with van der Waals surface area (Å²) < 4.78 is 0. The van der Waals surface area contributed by atoms with E-state index in [9.17, 15) is 34.5 Å². The van der Waals surface area contributed by atoms with Crippen molar-refractivity contribution in [1.82, 2.24) is 5.32 Å². The summed E-state index contributed by atoms with van der Waals surface area (Å²) in [5.41, 5.74) is -5.60. The number of ketones is 3. The van der Waals surface area contributed by atoms with Crippen LogP contribution in [0, 0.1) is 0 Å². The highest BCUT2D eigenvalue weighted by Crippen LogP contribution is 2.31. The number of aliphatic hydroxyl groups excluding tert-OH is 2. The molecule has 0 bridgehead atoms. The Labute approximate surface area is 204 Å². The zero-order valence-electron chi connectivity index (χ0n) is 21.6. The number of unbranched alkanes of at least 4 members (excludes halogenated alkanes) is 9. The summed E-state index contributed by atoms with van der Waals surface area (Å²) in [5.74, 6) is -3.99. The highest BCUT2D eigenvalue weighted by Gasteiger charge is 2.64. The number of carbonyl (C=O) groups excluding carboxylic acids is 4. The zero-order chi connectivity index (χ0) is 26.4. The van der Waals surface area contributed by atoms with E-state index in [0.29, 0.717) is 6.42 Å². The summed E-state index contributed by atoms with van der Waals surface area (Å²) in [6.07, 6.45) is 11.4. The van der Waals surface area contributed by atoms with Crippen molar-refractivity contribution in [1.29, 1.82) is 0 Å². The summed E-state index contributed by atoms with van der Waals surface area (Å²) >= 11 is 0. The van der Waals surface area contributed by atoms with Gasteiger partial charge < -0.3 is 20.6 Å². The second-order valence-corrected chi connectivity index (χ2v) is 9.24. The molecule has 0 aromatic rings. The van der Waals surface area contributed by atoms with Crippen molar-refractivity contribution >= 4 is 23.3 Å². The van der Waals surface area contributed by atoms with Crippen molar-refractivity contribution < 1.29 is 34.5 Å². The molecule has 1 unspecified atom stereocenters. The molecule has 34 heavy (non-hydrogen) atoms. The molecule has 8 heteroatoms. The van der Waals surface area contributed by atoms with Gasteiger partial charge in [-0.2, -0.15) is 0 Å². The third kappa shape index (κ3) is 9.04. The summed E-state index contributed by atoms with van der Waals surface area (Å²) in [5, 5.41) is 34.2. The maximum Gasteiger partial charge on any atom is 0.217 e. The van der Waals surface area contributed by atoms with Crippen LogP contribution < -0.4 is 5.32 Å². The molecule has 4 N–H and O–H groups in total. The lowest BCUT2D eigenvalue weighted by Crippen LogP contribution is -2.78. The molecule has 3 atom stereocenters. The molecule has 0 aliphatic rings. The van der Waals surface area contributed by atoms with Crippen LogP contribution >= 0.6 is 0 Å². The van der Waals surface area contributed by atoms with E-state index in [2.05, 4.69) is 12.2 Å². The maximum atomic E-state index is 12.6. The number of hydrogen-bond acceptors (Lipinski definition) is 7. The predicted octanol–water partition coefficient (Wildman–Crippen LogP) is 2.95. The smallest absolute Gasteiger partial charge is 0.217 e. The van der Waals surface area contributed by atoms with Crippen molar-refractivity contribution in [3.63, 3.8) is 0 Å². The first kappa shape index (κ1) is 32.1. The molecule has 0 saturated heterocycles. The molecule has 0 rings (SSSR count). The van der Waals surface area contributed by atoms with E-state index < -0.39 is 46.6 Å². The molecule has 1 amide bonds. The van der Waals surface area contributed by atoms with E-state index in [1.807, 2.05) is 0 Å². The van der Waals surface area contributed by atoms with Crippen molar-refractivity contribution in [2.24, 2.45) is 0 Å². The molecule has 0 spiro atoms. The predicted molar refractivity (Wildman–Crippen MR) is 131 cm³/mol. The van der Waals surface area contributed by atoms with E-state index in [-0.39, 0.29) is 0 Å². The number of amides is 1. The van der Waals surface area contributed by atoms with Crippen LogP contribution in [-0.2, 0) is 19.2 Å². The molecule has 0 heterocycles. The Morgan fingerprint density at radius 3 is 1.56 bits per heavy atom. The van der Waals surface area contributed by atoms with Crippen molar-refractivity contribution in [3.05, 3.63) is 12.2 Å². The minimum atomic E-state index is -2.98. The molecular formula is C26H45NO7. The SMILES string of the molecule is CCCCCCCCCCCCC(O)/C=C/[C@@H](O)[C@](NC(C)=O)(C(C)=O)C(O)(C(C)=O)C(C)=O. The summed E-state index contributed by atoms with van der Waals surface area (Å²) in [4.78, 5) is 48.9. The zero-order valence-corrected chi connectivity index (χ0v) is 21.6. The topological polar surface area (TPSA) is 141 Å². The van der Waals surface area contributed by atoms with Crippen LogP contribution in [0.15, 0.2) is 12.2 Å². The van der Waals surface area contributed by atoms with Gasteiger partial charge in [-0.15, -0.1) is 0 Å². The third-order valence-electron chi connectivity index (χ3n) is 6.33. The Bertz CT molecular complexity index is 689. The Balaban J connectivity index is 5.09. The molecule has 0 aliphatic heterocycles. The molecule has 0 aliphatic carbocycles. The van der Waals surface area contributed by atoms with Crippen molar-refractivity contribution in [2.75, 3.05) is 0 Å². The molecule has 196 valence electrons. The van der Waals surface area contributed by atoms with Gasteiger partial charge in [0.2, 0.25) is 11.5 Å². The molecular weight excluding hydrogens is 438 g/mol. The van der Waals surface area contributed by atoms with Crippen LogP contribution in [0.5, 0.6) is 0 Å². The van der Waals surface area contributed by atoms with Gasteiger partial charge in [-0.05, 0) is 27.2 Å². The third-order valence-corrected chi connectivity index (χ3v) is 6.33. The van der Waals surface area contributed by atoms with Crippen LogP contribution in [-0.4, -0.2) is 61.9 Å². The fraction of sp³-hybridized carbons (Fsp3) is 0.769. The lowest BCUT2D eigenvalue weighted by molar-refractivity contribution is -0.171. The van der Waals surface area contributed by atoms with E-state index in [4.69, 9.17) is 0 Å².